The highest BCUT2D eigenvalue weighted by atomic mass is 32.3. The largest absolute Gasteiger partial charge is 0.372 e. The molecule has 0 saturated carbocycles. The predicted octanol–water partition coefficient (Wildman–Crippen LogP) is 0.897. The van der Waals surface area contributed by atoms with E-state index in [0.717, 1.165) is 37.1 Å². The molecule has 2 heterocycles. The van der Waals surface area contributed by atoms with E-state index in [1.807, 2.05) is 0 Å². The van der Waals surface area contributed by atoms with Crippen molar-refractivity contribution in [3.05, 3.63) is 24.3 Å². The molecule has 2 atom stereocenters. The summed E-state index contributed by atoms with van der Waals surface area (Å²) in [5.41, 5.74) is 0. The van der Waals surface area contributed by atoms with Gasteiger partial charge in [-0.05, 0) is 37.1 Å². The first kappa shape index (κ1) is 14.9. The van der Waals surface area contributed by atoms with Crippen LogP contribution in [0.1, 0.15) is 12.8 Å². The molecule has 2 saturated heterocycles. The molecule has 21 heavy (non-hydrogen) atoms. The minimum Gasteiger partial charge on any atom is -0.372 e. The van der Waals surface area contributed by atoms with Gasteiger partial charge in [-0.1, -0.05) is 0 Å². The van der Waals surface area contributed by atoms with E-state index in [2.05, 4.69) is 0 Å². The number of morpholine rings is 1. The lowest BCUT2D eigenvalue weighted by atomic mass is 10.2. The SMILES string of the molecule is O=S(=O)(F)c1ccc(S(=O)(=O)N2CC3CCC(C2)O3)cc1. The normalized spacial score (nSPS) is 26.9. The first-order chi connectivity index (χ1) is 9.77. The Hall–Kier alpha value is -1.03. The summed E-state index contributed by atoms with van der Waals surface area (Å²) in [5, 5.41) is 0. The van der Waals surface area contributed by atoms with E-state index in [4.69, 9.17) is 4.74 Å². The smallest absolute Gasteiger partial charge is 0.332 e. The van der Waals surface area contributed by atoms with Crippen molar-refractivity contribution in [3.8, 4) is 0 Å². The Kier molecular flexibility index (Phi) is 3.55. The van der Waals surface area contributed by atoms with Gasteiger partial charge in [-0.3, -0.25) is 0 Å². The number of benzene rings is 1. The molecule has 9 heteroatoms. The Labute approximate surface area is 122 Å². The van der Waals surface area contributed by atoms with Gasteiger partial charge in [0.15, 0.2) is 0 Å². The highest BCUT2D eigenvalue weighted by Gasteiger charge is 2.39. The van der Waals surface area contributed by atoms with Gasteiger partial charge in [-0.2, -0.15) is 12.7 Å². The summed E-state index contributed by atoms with van der Waals surface area (Å²) >= 11 is 0. The molecule has 0 radical (unpaired) electrons. The van der Waals surface area contributed by atoms with Crippen molar-refractivity contribution in [1.82, 2.24) is 4.31 Å². The minimum atomic E-state index is -4.83. The summed E-state index contributed by atoms with van der Waals surface area (Å²) in [5.74, 6) is 0. The van der Waals surface area contributed by atoms with Gasteiger partial charge >= 0.3 is 10.2 Å². The standard InChI is InChI=1S/C12H14FNO5S2/c13-20(15,16)11-3-5-12(6-4-11)21(17,18)14-7-9-1-2-10(8-14)19-9/h3-6,9-10H,1-2,7-8H2. The van der Waals surface area contributed by atoms with Crippen LogP contribution in [0.5, 0.6) is 0 Å². The van der Waals surface area contributed by atoms with E-state index in [0.29, 0.717) is 13.1 Å². The highest BCUT2D eigenvalue weighted by Crippen LogP contribution is 2.30. The van der Waals surface area contributed by atoms with Gasteiger partial charge in [0.05, 0.1) is 22.0 Å². The maximum Gasteiger partial charge on any atom is 0.332 e. The van der Waals surface area contributed by atoms with Gasteiger partial charge in [-0.15, -0.1) is 3.89 Å². The van der Waals surface area contributed by atoms with Gasteiger partial charge in [0, 0.05) is 13.1 Å². The Morgan fingerprint density at radius 1 is 0.952 bits per heavy atom. The fourth-order valence-electron chi connectivity index (χ4n) is 2.70. The molecule has 0 amide bonds. The van der Waals surface area contributed by atoms with E-state index in [9.17, 15) is 20.7 Å². The van der Waals surface area contributed by atoms with Crippen molar-refractivity contribution >= 4 is 20.2 Å². The molecule has 6 nitrogen and oxygen atoms in total. The van der Waals surface area contributed by atoms with Crippen molar-refractivity contribution in [3.63, 3.8) is 0 Å². The topological polar surface area (TPSA) is 80.8 Å². The number of sulfonamides is 1. The lowest BCUT2D eigenvalue weighted by Crippen LogP contribution is -2.45. The van der Waals surface area contributed by atoms with Crippen LogP contribution in [0, 0.1) is 0 Å². The maximum absolute atomic E-state index is 12.8. The minimum absolute atomic E-state index is 0.0452. The van der Waals surface area contributed by atoms with Gasteiger partial charge in [-0.25, -0.2) is 8.42 Å². The zero-order chi connectivity index (χ0) is 15.3. The molecule has 2 fully saturated rings. The van der Waals surface area contributed by atoms with E-state index in [1.165, 1.54) is 4.31 Å². The fraction of sp³-hybridized carbons (Fsp3) is 0.500. The average Bonchev–Trinajstić information content (AvgIpc) is 2.76. The Morgan fingerprint density at radius 3 is 1.90 bits per heavy atom. The highest BCUT2D eigenvalue weighted by molar-refractivity contribution is 7.89. The predicted molar refractivity (Wildman–Crippen MR) is 71.4 cm³/mol. The van der Waals surface area contributed by atoms with Crippen LogP contribution >= 0.6 is 0 Å². The first-order valence-electron chi connectivity index (χ1n) is 6.47. The molecule has 2 unspecified atom stereocenters. The fourth-order valence-corrected chi connectivity index (χ4v) is 4.66. The zero-order valence-electron chi connectivity index (χ0n) is 11.0. The van der Waals surface area contributed by atoms with Crippen molar-refractivity contribution in [1.29, 1.82) is 0 Å². The number of hydrogen-bond acceptors (Lipinski definition) is 5. The molecule has 2 bridgehead atoms. The molecular weight excluding hydrogens is 321 g/mol. The van der Waals surface area contributed by atoms with E-state index < -0.39 is 25.1 Å². The van der Waals surface area contributed by atoms with Crippen molar-refractivity contribution in [2.75, 3.05) is 13.1 Å². The molecule has 2 aliphatic heterocycles. The summed E-state index contributed by atoms with van der Waals surface area (Å²) in [6, 6.07) is 4.13. The zero-order valence-corrected chi connectivity index (χ0v) is 12.6. The molecule has 0 aliphatic carbocycles. The summed E-state index contributed by atoms with van der Waals surface area (Å²) < 4.78 is 66.2. The van der Waals surface area contributed by atoms with Crippen LogP contribution in [0.25, 0.3) is 0 Å². The van der Waals surface area contributed by atoms with Crippen LogP contribution in [0.15, 0.2) is 34.1 Å². The number of ether oxygens (including phenoxy) is 1. The van der Waals surface area contributed by atoms with Crippen molar-refractivity contribution in [2.45, 2.75) is 34.8 Å². The summed E-state index contributed by atoms with van der Waals surface area (Å²) in [6.07, 6.45) is 1.53. The lowest BCUT2D eigenvalue weighted by molar-refractivity contribution is -0.0114. The number of halogens is 1. The van der Waals surface area contributed by atoms with Crippen LogP contribution in [-0.2, 0) is 25.0 Å². The second kappa shape index (κ2) is 5.01. The Bertz CT molecular complexity index is 732. The summed E-state index contributed by atoms with van der Waals surface area (Å²) in [7, 11) is -8.54. The monoisotopic (exact) mass is 335 g/mol. The number of hydrogen-bond donors (Lipinski definition) is 0. The number of nitrogens with zero attached hydrogens (tertiary/aromatic N) is 1. The van der Waals surface area contributed by atoms with Gasteiger partial charge < -0.3 is 4.74 Å². The average molecular weight is 335 g/mol. The van der Waals surface area contributed by atoms with E-state index in [-0.39, 0.29) is 17.1 Å². The summed E-state index contributed by atoms with van der Waals surface area (Å²) in [6.45, 7) is 0.587. The number of rotatable bonds is 3. The van der Waals surface area contributed by atoms with Crippen LogP contribution < -0.4 is 0 Å². The third-order valence-electron chi connectivity index (χ3n) is 3.75. The number of fused-ring (bicyclic) bond motifs is 2. The molecule has 0 spiro atoms. The van der Waals surface area contributed by atoms with Crippen LogP contribution in [0.2, 0.25) is 0 Å². The maximum atomic E-state index is 12.8. The van der Waals surface area contributed by atoms with Crippen LogP contribution in [0.4, 0.5) is 3.89 Å². The van der Waals surface area contributed by atoms with Gasteiger partial charge in [0.2, 0.25) is 10.0 Å². The third kappa shape index (κ3) is 2.83. The molecule has 2 aliphatic rings. The molecule has 0 aromatic heterocycles. The van der Waals surface area contributed by atoms with E-state index >= 15 is 0 Å². The second-order valence-electron chi connectivity index (χ2n) is 5.19. The third-order valence-corrected chi connectivity index (χ3v) is 6.43. The van der Waals surface area contributed by atoms with Gasteiger partial charge in [0.25, 0.3) is 0 Å². The lowest BCUT2D eigenvalue weighted by Gasteiger charge is -2.31. The van der Waals surface area contributed by atoms with Crippen molar-refractivity contribution in [2.24, 2.45) is 0 Å². The molecule has 1 aromatic rings. The molecular formula is C12H14FNO5S2. The summed E-state index contributed by atoms with van der Waals surface area (Å²) in [4.78, 5) is -0.598. The molecule has 3 rings (SSSR count). The van der Waals surface area contributed by atoms with E-state index in [1.54, 1.807) is 0 Å². The van der Waals surface area contributed by atoms with Crippen molar-refractivity contribution < 1.29 is 25.5 Å². The quantitative estimate of drug-likeness (QED) is 0.767. The Balaban J connectivity index is 1.88. The van der Waals surface area contributed by atoms with Gasteiger partial charge in [0.1, 0.15) is 0 Å². The molecule has 0 N–H and O–H groups in total. The Morgan fingerprint density at radius 2 is 1.43 bits per heavy atom. The van der Waals surface area contributed by atoms with Crippen LogP contribution in [0.3, 0.4) is 0 Å². The van der Waals surface area contributed by atoms with Crippen LogP contribution in [-0.4, -0.2) is 46.4 Å². The second-order valence-corrected chi connectivity index (χ2v) is 8.47. The molecule has 1 aromatic carbocycles. The molecule has 116 valence electrons. The first-order valence-corrected chi connectivity index (χ1v) is 9.29.